The van der Waals surface area contributed by atoms with E-state index in [9.17, 15) is 0 Å². The lowest BCUT2D eigenvalue weighted by Crippen LogP contribution is -2.37. The van der Waals surface area contributed by atoms with Crippen molar-refractivity contribution < 1.29 is 0 Å². The van der Waals surface area contributed by atoms with Crippen LogP contribution in [-0.4, -0.2) is 63.2 Å². The molecule has 1 aliphatic heterocycles. The van der Waals surface area contributed by atoms with E-state index in [1.807, 2.05) is 0 Å². The van der Waals surface area contributed by atoms with Crippen molar-refractivity contribution in [2.75, 3.05) is 53.4 Å². The number of hydrogen-bond donors (Lipinski definition) is 1. The molecule has 0 bridgehead atoms. The molecular formula is C17H37N3. The SMILES string of the molecule is CC(C)CN(CCC(C)C1CCCNC1)CCN(C)C. The highest BCUT2D eigenvalue weighted by Crippen LogP contribution is 2.22. The molecule has 0 aromatic rings. The fourth-order valence-electron chi connectivity index (χ4n) is 3.14. The van der Waals surface area contributed by atoms with E-state index in [1.54, 1.807) is 0 Å². The fraction of sp³-hybridized carbons (Fsp3) is 1.00. The van der Waals surface area contributed by atoms with Gasteiger partial charge in [0.25, 0.3) is 0 Å². The van der Waals surface area contributed by atoms with E-state index in [-0.39, 0.29) is 0 Å². The maximum absolute atomic E-state index is 3.56. The number of nitrogens with one attached hydrogen (secondary N) is 1. The summed E-state index contributed by atoms with van der Waals surface area (Å²) in [7, 11) is 4.34. The highest BCUT2D eigenvalue weighted by atomic mass is 15.2. The van der Waals surface area contributed by atoms with E-state index in [4.69, 9.17) is 0 Å². The van der Waals surface area contributed by atoms with Crippen LogP contribution in [0.1, 0.15) is 40.0 Å². The van der Waals surface area contributed by atoms with Crippen LogP contribution in [0.5, 0.6) is 0 Å². The summed E-state index contributed by atoms with van der Waals surface area (Å²) in [6.07, 6.45) is 4.15. The first-order valence-electron chi connectivity index (χ1n) is 8.56. The highest BCUT2D eigenvalue weighted by Gasteiger charge is 2.20. The lowest BCUT2D eigenvalue weighted by molar-refractivity contribution is 0.186. The molecule has 0 saturated carbocycles. The van der Waals surface area contributed by atoms with Gasteiger partial charge in [0.15, 0.2) is 0 Å². The molecule has 1 aliphatic rings. The van der Waals surface area contributed by atoms with E-state index in [1.165, 1.54) is 58.5 Å². The summed E-state index contributed by atoms with van der Waals surface area (Å²) in [5, 5.41) is 3.56. The van der Waals surface area contributed by atoms with Gasteiger partial charge in [-0.15, -0.1) is 0 Å². The Balaban J connectivity index is 2.31. The molecule has 3 nitrogen and oxygen atoms in total. The monoisotopic (exact) mass is 283 g/mol. The van der Waals surface area contributed by atoms with E-state index in [0.717, 1.165) is 17.8 Å². The molecule has 0 aromatic heterocycles. The molecule has 0 amide bonds. The average Bonchev–Trinajstić information content (AvgIpc) is 2.42. The average molecular weight is 284 g/mol. The van der Waals surface area contributed by atoms with Gasteiger partial charge in [-0.3, -0.25) is 0 Å². The molecule has 1 fully saturated rings. The summed E-state index contributed by atoms with van der Waals surface area (Å²) in [5.74, 6) is 2.53. The van der Waals surface area contributed by atoms with Gasteiger partial charge in [-0.2, -0.15) is 0 Å². The minimum Gasteiger partial charge on any atom is -0.316 e. The Morgan fingerprint density at radius 3 is 2.40 bits per heavy atom. The molecular weight excluding hydrogens is 246 g/mol. The molecule has 120 valence electrons. The summed E-state index contributed by atoms with van der Waals surface area (Å²) < 4.78 is 0. The fourth-order valence-corrected chi connectivity index (χ4v) is 3.14. The van der Waals surface area contributed by atoms with Gasteiger partial charge in [-0.05, 0) is 70.7 Å². The summed E-state index contributed by atoms with van der Waals surface area (Å²) >= 11 is 0. The molecule has 1 rings (SSSR count). The van der Waals surface area contributed by atoms with Crippen LogP contribution < -0.4 is 5.32 Å². The second-order valence-electron chi connectivity index (χ2n) is 7.37. The van der Waals surface area contributed by atoms with E-state index < -0.39 is 0 Å². The lowest BCUT2D eigenvalue weighted by Gasteiger charge is -2.31. The van der Waals surface area contributed by atoms with Crippen molar-refractivity contribution in [2.45, 2.75) is 40.0 Å². The second kappa shape index (κ2) is 9.75. The summed E-state index contributed by atoms with van der Waals surface area (Å²) in [4.78, 5) is 4.96. The van der Waals surface area contributed by atoms with E-state index >= 15 is 0 Å². The third kappa shape index (κ3) is 7.61. The topological polar surface area (TPSA) is 18.5 Å². The second-order valence-corrected chi connectivity index (χ2v) is 7.37. The van der Waals surface area contributed by atoms with Crippen LogP contribution >= 0.6 is 0 Å². The Kier molecular flexibility index (Phi) is 8.74. The van der Waals surface area contributed by atoms with Gasteiger partial charge in [-0.25, -0.2) is 0 Å². The number of hydrogen-bond acceptors (Lipinski definition) is 3. The molecule has 1 heterocycles. The number of piperidine rings is 1. The molecule has 0 aromatic carbocycles. The van der Waals surface area contributed by atoms with E-state index in [2.05, 4.69) is 50.0 Å². The maximum atomic E-state index is 3.56. The van der Waals surface area contributed by atoms with Crippen molar-refractivity contribution in [1.29, 1.82) is 0 Å². The first kappa shape index (κ1) is 17.9. The van der Waals surface area contributed by atoms with Gasteiger partial charge in [-0.1, -0.05) is 20.8 Å². The molecule has 1 saturated heterocycles. The van der Waals surface area contributed by atoms with E-state index in [0.29, 0.717) is 0 Å². The van der Waals surface area contributed by atoms with Gasteiger partial charge in [0.05, 0.1) is 0 Å². The lowest BCUT2D eigenvalue weighted by atomic mass is 9.85. The molecule has 3 heteroatoms. The van der Waals surface area contributed by atoms with Crippen molar-refractivity contribution in [3.63, 3.8) is 0 Å². The quantitative estimate of drug-likeness (QED) is 0.701. The van der Waals surface area contributed by atoms with Gasteiger partial charge < -0.3 is 15.1 Å². The van der Waals surface area contributed by atoms with Crippen molar-refractivity contribution in [3.8, 4) is 0 Å². The van der Waals surface area contributed by atoms with Crippen molar-refractivity contribution in [1.82, 2.24) is 15.1 Å². The Bertz CT molecular complexity index is 234. The van der Waals surface area contributed by atoms with Crippen molar-refractivity contribution in [3.05, 3.63) is 0 Å². The van der Waals surface area contributed by atoms with Crippen LogP contribution in [0, 0.1) is 17.8 Å². The summed E-state index contributed by atoms with van der Waals surface area (Å²) in [6.45, 7) is 14.5. The Morgan fingerprint density at radius 1 is 1.10 bits per heavy atom. The Hall–Kier alpha value is -0.120. The number of rotatable bonds is 9. The Labute approximate surface area is 127 Å². The first-order chi connectivity index (χ1) is 9.49. The zero-order valence-corrected chi connectivity index (χ0v) is 14.5. The minimum absolute atomic E-state index is 0.767. The summed E-state index contributed by atoms with van der Waals surface area (Å²) in [6, 6.07) is 0. The molecule has 2 unspecified atom stereocenters. The van der Waals surface area contributed by atoms with Gasteiger partial charge >= 0.3 is 0 Å². The largest absolute Gasteiger partial charge is 0.316 e. The third-order valence-electron chi connectivity index (χ3n) is 4.53. The van der Waals surface area contributed by atoms with Gasteiger partial charge in [0.2, 0.25) is 0 Å². The van der Waals surface area contributed by atoms with Crippen LogP contribution in [0.2, 0.25) is 0 Å². The molecule has 0 spiro atoms. The molecule has 0 radical (unpaired) electrons. The number of likely N-dealkylation sites (N-methyl/N-ethyl adjacent to an activating group) is 1. The van der Waals surface area contributed by atoms with Crippen LogP contribution in [0.3, 0.4) is 0 Å². The van der Waals surface area contributed by atoms with Crippen LogP contribution in [0.15, 0.2) is 0 Å². The number of nitrogens with zero attached hydrogens (tertiary/aromatic N) is 2. The van der Waals surface area contributed by atoms with Gasteiger partial charge in [0, 0.05) is 19.6 Å². The van der Waals surface area contributed by atoms with Crippen LogP contribution in [0.4, 0.5) is 0 Å². The standard InChI is InChI=1S/C17H37N3/c1-15(2)14-20(12-11-19(4)5)10-8-16(3)17-7-6-9-18-13-17/h15-18H,6-14H2,1-5H3. The zero-order chi connectivity index (χ0) is 15.0. The molecule has 0 aliphatic carbocycles. The van der Waals surface area contributed by atoms with Crippen LogP contribution in [0.25, 0.3) is 0 Å². The normalized spacial score (nSPS) is 21.9. The smallest absolute Gasteiger partial charge is 0.0109 e. The summed E-state index contributed by atoms with van der Waals surface area (Å²) in [5.41, 5.74) is 0. The minimum atomic E-state index is 0.767. The molecule has 1 N–H and O–H groups in total. The van der Waals surface area contributed by atoms with Crippen LogP contribution in [-0.2, 0) is 0 Å². The Morgan fingerprint density at radius 2 is 1.85 bits per heavy atom. The maximum Gasteiger partial charge on any atom is 0.0109 e. The van der Waals surface area contributed by atoms with Crippen molar-refractivity contribution in [2.24, 2.45) is 17.8 Å². The zero-order valence-electron chi connectivity index (χ0n) is 14.5. The van der Waals surface area contributed by atoms with Crippen molar-refractivity contribution >= 4 is 0 Å². The molecule has 20 heavy (non-hydrogen) atoms. The predicted molar refractivity (Wildman–Crippen MR) is 89.2 cm³/mol. The highest BCUT2D eigenvalue weighted by molar-refractivity contribution is 4.75. The predicted octanol–water partition coefficient (Wildman–Crippen LogP) is 2.53. The molecule has 2 atom stereocenters. The first-order valence-corrected chi connectivity index (χ1v) is 8.56. The van der Waals surface area contributed by atoms with Gasteiger partial charge in [0.1, 0.15) is 0 Å². The third-order valence-corrected chi connectivity index (χ3v) is 4.53.